The monoisotopic (exact) mass is 361 g/mol. The number of carbonyl (C=O) groups excluding carboxylic acids is 4. The Morgan fingerprint density at radius 2 is 1.64 bits per heavy atom. The van der Waals surface area contributed by atoms with Crippen LogP contribution in [-0.4, -0.2) is 59.2 Å². The van der Waals surface area contributed by atoms with Crippen LogP contribution < -0.4 is 10.6 Å². The van der Waals surface area contributed by atoms with Gasteiger partial charge in [-0.15, -0.1) is 11.8 Å². The van der Waals surface area contributed by atoms with Gasteiger partial charge in [0, 0.05) is 19.1 Å². The zero-order chi connectivity index (χ0) is 17.8. The van der Waals surface area contributed by atoms with E-state index in [2.05, 4.69) is 10.6 Å². The molecule has 8 heteroatoms. The minimum absolute atomic E-state index is 0.0497. The van der Waals surface area contributed by atoms with Gasteiger partial charge < -0.3 is 10.6 Å². The fourth-order valence-corrected chi connectivity index (χ4v) is 3.19. The lowest BCUT2D eigenvalue weighted by Gasteiger charge is -2.14. The molecule has 0 atom stereocenters. The summed E-state index contributed by atoms with van der Waals surface area (Å²) in [4.78, 5) is 48.7. The summed E-state index contributed by atoms with van der Waals surface area (Å²) in [6, 6.07) is 6.99. The summed E-state index contributed by atoms with van der Waals surface area (Å²) in [5.74, 6) is -0.517. The van der Waals surface area contributed by atoms with Crippen molar-refractivity contribution in [3.63, 3.8) is 0 Å². The highest BCUT2D eigenvalue weighted by Gasteiger charge is 2.34. The van der Waals surface area contributed by atoms with E-state index in [0.717, 1.165) is 17.7 Å². The lowest BCUT2D eigenvalue weighted by Crippen LogP contribution is -2.38. The molecule has 1 aliphatic heterocycles. The van der Waals surface area contributed by atoms with Crippen LogP contribution in [0.4, 0.5) is 0 Å². The summed E-state index contributed by atoms with van der Waals surface area (Å²) in [6.07, 6.45) is 2.07. The minimum Gasteiger partial charge on any atom is -0.354 e. The molecule has 25 heavy (non-hydrogen) atoms. The maximum Gasteiger partial charge on any atom is 0.261 e. The van der Waals surface area contributed by atoms with Crippen molar-refractivity contribution in [2.24, 2.45) is 0 Å². The second-order valence-electron chi connectivity index (χ2n) is 5.99. The van der Waals surface area contributed by atoms with Crippen molar-refractivity contribution in [2.75, 3.05) is 24.6 Å². The molecule has 0 saturated heterocycles. The molecule has 3 rings (SSSR count). The van der Waals surface area contributed by atoms with E-state index in [1.807, 2.05) is 0 Å². The van der Waals surface area contributed by atoms with Gasteiger partial charge in [-0.05, 0) is 25.0 Å². The summed E-state index contributed by atoms with van der Waals surface area (Å²) in [5.41, 5.74) is 0.798. The molecule has 2 N–H and O–H groups in total. The first-order chi connectivity index (χ1) is 12.1. The SMILES string of the molecule is O=C(CSCC(=O)NC1CC1)NCCN1C(=O)c2ccccc2C1=O. The highest BCUT2D eigenvalue weighted by atomic mass is 32.2. The normalized spacial score (nSPS) is 15.9. The summed E-state index contributed by atoms with van der Waals surface area (Å²) >= 11 is 1.24. The molecule has 4 amide bonds. The highest BCUT2D eigenvalue weighted by Crippen LogP contribution is 2.21. The van der Waals surface area contributed by atoms with E-state index < -0.39 is 0 Å². The molecule has 1 saturated carbocycles. The third kappa shape index (κ3) is 4.39. The van der Waals surface area contributed by atoms with E-state index in [9.17, 15) is 19.2 Å². The van der Waals surface area contributed by atoms with Crippen LogP contribution in [0.2, 0.25) is 0 Å². The molecule has 2 aliphatic rings. The molecule has 1 fully saturated rings. The number of nitrogens with one attached hydrogen (secondary N) is 2. The Morgan fingerprint density at radius 1 is 1.04 bits per heavy atom. The predicted octanol–water partition coefficient (Wildman–Crippen LogP) is 0.411. The minimum atomic E-state index is -0.332. The van der Waals surface area contributed by atoms with Crippen LogP contribution in [0.1, 0.15) is 33.6 Å². The van der Waals surface area contributed by atoms with Crippen molar-refractivity contribution < 1.29 is 19.2 Å². The van der Waals surface area contributed by atoms with Crippen molar-refractivity contribution in [1.82, 2.24) is 15.5 Å². The van der Waals surface area contributed by atoms with Crippen molar-refractivity contribution in [1.29, 1.82) is 0 Å². The fraction of sp³-hybridized carbons (Fsp3) is 0.412. The Hall–Kier alpha value is -2.35. The molecule has 0 aromatic heterocycles. The zero-order valence-corrected chi connectivity index (χ0v) is 14.4. The van der Waals surface area contributed by atoms with E-state index in [0.29, 0.717) is 17.2 Å². The number of thioether (sulfide) groups is 1. The van der Waals surface area contributed by atoms with Crippen molar-refractivity contribution in [2.45, 2.75) is 18.9 Å². The van der Waals surface area contributed by atoms with Gasteiger partial charge in [-0.2, -0.15) is 0 Å². The smallest absolute Gasteiger partial charge is 0.261 e. The summed E-state index contributed by atoms with van der Waals surface area (Å²) in [5, 5.41) is 5.52. The third-order valence-corrected chi connectivity index (χ3v) is 4.88. The van der Waals surface area contributed by atoms with Crippen LogP contribution in [0, 0.1) is 0 Å². The first-order valence-corrected chi connectivity index (χ1v) is 9.31. The molecule has 7 nitrogen and oxygen atoms in total. The van der Waals surface area contributed by atoms with Gasteiger partial charge in [-0.3, -0.25) is 24.1 Å². The highest BCUT2D eigenvalue weighted by molar-refractivity contribution is 8.00. The molecular formula is C17H19N3O4S. The number of amides is 4. The van der Waals surface area contributed by atoms with E-state index in [4.69, 9.17) is 0 Å². The Morgan fingerprint density at radius 3 is 2.24 bits per heavy atom. The molecule has 0 radical (unpaired) electrons. The number of carbonyl (C=O) groups is 4. The number of imide groups is 1. The third-order valence-electron chi connectivity index (χ3n) is 3.94. The van der Waals surface area contributed by atoms with Gasteiger partial charge in [0.25, 0.3) is 11.8 Å². The second-order valence-corrected chi connectivity index (χ2v) is 6.98. The number of hydrogen-bond acceptors (Lipinski definition) is 5. The van der Waals surface area contributed by atoms with Gasteiger partial charge in [0.05, 0.1) is 22.6 Å². The van der Waals surface area contributed by atoms with Crippen LogP contribution in [0.15, 0.2) is 24.3 Å². The maximum atomic E-state index is 12.2. The standard InChI is InChI=1S/C17H19N3O4S/c21-14(9-25-10-15(22)19-11-5-6-11)18-7-8-20-16(23)12-3-1-2-4-13(12)17(20)24/h1-4,11H,5-10H2,(H,18,21)(H,19,22). The van der Waals surface area contributed by atoms with Gasteiger partial charge in [0.15, 0.2) is 0 Å². The Kier molecular flexibility index (Phi) is 5.37. The molecule has 1 aromatic rings. The van der Waals surface area contributed by atoms with E-state index in [-0.39, 0.29) is 48.2 Å². The van der Waals surface area contributed by atoms with E-state index in [1.54, 1.807) is 24.3 Å². The Labute approximate surface area is 149 Å². The molecule has 1 aromatic carbocycles. The molecule has 1 aliphatic carbocycles. The predicted molar refractivity (Wildman–Crippen MR) is 93.3 cm³/mol. The number of benzene rings is 1. The maximum absolute atomic E-state index is 12.2. The van der Waals surface area contributed by atoms with Crippen LogP contribution in [0.25, 0.3) is 0 Å². The van der Waals surface area contributed by atoms with Crippen LogP contribution in [-0.2, 0) is 9.59 Å². The first-order valence-electron chi connectivity index (χ1n) is 8.15. The zero-order valence-electron chi connectivity index (χ0n) is 13.6. The summed E-state index contributed by atoms with van der Waals surface area (Å²) < 4.78 is 0. The fourth-order valence-electron chi connectivity index (χ4n) is 2.53. The first kappa shape index (κ1) is 17.5. The number of hydrogen-bond donors (Lipinski definition) is 2. The van der Waals surface area contributed by atoms with Gasteiger partial charge in [0.1, 0.15) is 0 Å². The average Bonchev–Trinajstić information content (AvgIpc) is 3.37. The Bertz CT molecular complexity index is 683. The molecule has 0 spiro atoms. The molecular weight excluding hydrogens is 342 g/mol. The van der Waals surface area contributed by atoms with Crippen molar-refractivity contribution >= 4 is 35.4 Å². The molecule has 132 valence electrons. The largest absolute Gasteiger partial charge is 0.354 e. The van der Waals surface area contributed by atoms with Crippen molar-refractivity contribution in [3.8, 4) is 0 Å². The van der Waals surface area contributed by atoms with E-state index >= 15 is 0 Å². The van der Waals surface area contributed by atoms with Crippen LogP contribution in [0.3, 0.4) is 0 Å². The Balaban J connectivity index is 1.35. The number of fused-ring (bicyclic) bond motifs is 1. The van der Waals surface area contributed by atoms with Gasteiger partial charge in [-0.25, -0.2) is 0 Å². The van der Waals surface area contributed by atoms with E-state index in [1.165, 1.54) is 11.8 Å². The molecule has 1 heterocycles. The summed E-state index contributed by atoms with van der Waals surface area (Å²) in [7, 11) is 0. The van der Waals surface area contributed by atoms with Crippen LogP contribution in [0.5, 0.6) is 0 Å². The number of rotatable bonds is 8. The lowest BCUT2D eigenvalue weighted by molar-refractivity contribution is -0.119. The topological polar surface area (TPSA) is 95.6 Å². The van der Waals surface area contributed by atoms with Gasteiger partial charge in [0.2, 0.25) is 11.8 Å². The average molecular weight is 361 g/mol. The number of nitrogens with zero attached hydrogens (tertiary/aromatic N) is 1. The molecule has 0 bridgehead atoms. The second kappa shape index (κ2) is 7.69. The molecule has 0 unspecified atom stereocenters. The lowest BCUT2D eigenvalue weighted by atomic mass is 10.1. The van der Waals surface area contributed by atoms with Crippen LogP contribution >= 0.6 is 11.8 Å². The van der Waals surface area contributed by atoms with Crippen molar-refractivity contribution in [3.05, 3.63) is 35.4 Å². The van der Waals surface area contributed by atoms with Gasteiger partial charge in [-0.1, -0.05) is 12.1 Å². The quantitative estimate of drug-likeness (QED) is 0.654. The summed E-state index contributed by atoms with van der Waals surface area (Å²) in [6.45, 7) is 0.323. The van der Waals surface area contributed by atoms with Gasteiger partial charge >= 0.3 is 0 Å².